The first kappa shape index (κ1) is 16.9. The predicted octanol–water partition coefficient (Wildman–Crippen LogP) is 3.49. The van der Waals surface area contributed by atoms with E-state index >= 15 is 0 Å². The molecule has 8 heteroatoms. The zero-order valence-electron chi connectivity index (χ0n) is 12.6. The average Bonchev–Trinajstić information content (AvgIpc) is 2.87. The summed E-state index contributed by atoms with van der Waals surface area (Å²) >= 11 is 0. The quantitative estimate of drug-likeness (QED) is 0.937. The van der Waals surface area contributed by atoms with Gasteiger partial charge in [-0.3, -0.25) is 0 Å². The molecule has 0 atom stereocenters. The van der Waals surface area contributed by atoms with Crippen LogP contribution in [0.2, 0.25) is 0 Å². The number of carbonyl (C=O) groups excluding carboxylic acids is 1. The molecular weight excluding hydrogens is 311 g/mol. The topological polar surface area (TPSA) is 70.1 Å². The van der Waals surface area contributed by atoms with Crippen LogP contribution in [0.25, 0.3) is 0 Å². The summed E-state index contributed by atoms with van der Waals surface area (Å²) in [5.74, 6) is -0.186. The minimum atomic E-state index is -4.57. The highest BCUT2D eigenvalue weighted by molar-refractivity contribution is 5.71. The van der Waals surface area contributed by atoms with E-state index in [2.05, 4.69) is 5.10 Å². The lowest BCUT2D eigenvalue weighted by molar-refractivity contribution is -0.181. The molecule has 5 nitrogen and oxygen atoms in total. The number of nitrogens with two attached hydrogens (primary N) is 1. The number of carbonyl (C=O) groups is 1. The summed E-state index contributed by atoms with van der Waals surface area (Å²) in [5, 5.41) is 3.62. The van der Waals surface area contributed by atoms with E-state index < -0.39 is 17.7 Å². The highest BCUT2D eigenvalue weighted by Crippen LogP contribution is 2.40. The van der Waals surface area contributed by atoms with Crippen molar-refractivity contribution in [2.24, 2.45) is 0 Å². The van der Waals surface area contributed by atoms with Crippen LogP contribution in [0.3, 0.4) is 0 Å². The Hall–Kier alpha value is -2.51. The Morgan fingerprint density at radius 3 is 2.43 bits per heavy atom. The van der Waals surface area contributed by atoms with Crippen LogP contribution in [0.15, 0.2) is 36.4 Å². The van der Waals surface area contributed by atoms with Gasteiger partial charge in [-0.25, -0.2) is 4.79 Å². The molecule has 0 saturated heterocycles. The molecule has 23 heavy (non-hydrogen) atoms. The van der Waals surface area contributed by atoms with Crippen LogP contribution in [0.4, 0.5) is 23.8 Å². The van der Waals surface area contributed by atoms with Crippen LogP contribution in [0.5, 0.6) is 0 Å². The van der Waals surface area contributed by atoms with Gasteiger partial charge in [-0.2, -0.15) is 17.9 Å². The van der Waals surface area contributed by atoms with Gasteiger partial charge in [-0.05, 0) is 19.4 Å². The second-order valence-corrected chi connectivity index (χ2v) is 5.53. The first-order chi connectivity index (χ1) is 10.6. The molecule has 0 aliphatic rings. The molecule has 1 heterocycles. The Balaban J connectivity index is 2.25. The molecule has 0 aliphatic heterocycles. The fraction of sp³-hybridized carbons (Fsp3) is 0.333. The van der Waals surface area contributed by atoms with Gasteiger partial charge in [0.05, 0.1) is 5.69 Å². The molecule has 1 aromatic carbocycles. The number of alkyl halides is 3. The van der Waals surface area contributed by atoms with Gasteiger partial charge >= 0.3 is 12.3 Å². The van der Waals surface area contributed by atoms with Crippen LogP contribution in [0.1, 0.15) is 25.1 Å². The molecule has 0 spiro atoms. The second kappa shape index (κ2) is 5.94. The van der Waals surface area contributed by atoms with Crippen molar-refractivity contribution in [1.29, 1.82) is 0 Å². The van der Waals surface area contributed by atoms with E-state index in [1.807, 2.05) is 0 Å². The van der Waals surface area contributed by atoms with E-state index in [0.29, 0.717) is 10.2 Å². The van der Waals surface area contributed by atoms with E-state index in [1.165, 1.54) is 0 Å². The number of aromatic nitrogens is 2. The van der Waals surface area contributed by atoms with E-state index in [1.54, 1.807) is 30.3 Å². The number of rotatable bonds is 3. The van der Waals surface area contributed by atoms with E-state index in [4.69, 9.17) is 10.5 Å². The minimum Gasteiger partial charge on any atom is -0.443 e. The Kier molecular flexibility index (Phi) is 4.35. The smallest absolute Gasteiger partial charge is 0.435 e. The molecular formula is C15H16F3N3O2. The molecule has 0 amide bonds. The monoisotopic (exact) mass is 327 g/mol. The number of hydrogen-bond acceptors (Lipinski definition) is 4. The maximum atomic E-state index is 13.2. The largest absolute Gasteiger partial charge is 0.443 e. The standard InChI is InChI=1S/C15H16F3N3O2/c1-14(2,15(16,17)18)11-8-12(19)20-21(11)13(22)23-9-10-6-4-3-5-7-10/h3-8H,9H2,1-2H3,(H2,19,20). The molecule has 2 N–H and O–H groups in total. The molecule has 0 unspecified atom stereocenters. The lowest BCUT2D eigenvalue weighted by Gasteiger charge is -2.27. The number of anilines is 1. The zero-order chi connectivity index (χ0) is 17.3. The average molecular weight is 327 g/mol. The summed E-state index contributed by atoms with van der Waals surface area (Å²) in [6, 6.07) is 9.79. The molecule has 0 bridgehead atoms. The predicted molar refractivity (Wildman–Crippen MR) is 77.7 cm³/mol. The maximum Gasteiger partial charge on any atom is 0.435 e. The third-order valence-electron chi connectivity index (χ3n) is 3.46. The third kappa shape index (κ3) is 3.46. The fourth-order valence-electron chi connectivity index (χ4n) is 1.91. The lowest BCUT2D eigenvalue weighted by Crippen LogP contribution is -2.39. The van der Waals surface area contributed by atoms with Crippen molar-refractivity contribution in [1.82, 2.24) is 9.78 Å². The third-order valence-corrected chi connectivity index (χ3v) is 3.46. The normalized spacial score (nSPS) is 12.2. The first-order valence-corrected chi connectivity index (χ1v) is 6.76. The number of hydrogen-bond donors (Lipinski definition) is 1. The van der Waals surface area contributed by atoms with E-state index in [0.717, 1.165) is 19.9 Å². The molecule has 2 rings (SSSR count). The Morgan fingerprint density at radius 2 is 1.87 bits per heavy atom. The Bertz CT molecular complexity index is 694. The van der Waals surface area contributed by atoms with Crippen LogP contribution in [0, 0.1) is 0 Å². The Morgan fingerprint density at radius 1 is 1.26 bits per heavy atom. The molecule has 124 valence electrons. The van der Waals surface area contributed by atoms with Gasteiger partial charge in [0.2, 0.25) is 0 Å². The van der Waals surface area contributed by atoms with Crippen molar-refractivity contribution >= 4 is 11.9 Å². The zero-order valence-corrected chi connectivity index (χ0v) is 12.6. The minimum absolute atomic E-state index is 0.0781. The van der Waals surface area contributed by atoms with Gasteiger partial charge in [-0.1, -0.05) is 30.3 Å². The Labute approximate surface area is 130 Å². The molecule has 2 aromatic rings. The van der Waals surface area contributed by atoms with Crippen molar-refractivity contribution in [3.63, 3.8) is 0 Å². The van der Waals surface area contributed by atoms with Crippen LogP contribution >= 0.6 is 0 Å². The summed E-state index contributed by atoms with van der Waals surface area (Å²) in [6.07, 6.45) is -5.59. The number of halogens is 3. The molecule has 0 fully saturated rings. The summed E-state index contributed by atoms with van der Waals surface area (Å²) in [6.45, 7) is 1.82. The molecule has 1 aromatic heterocycles. The fourth-order valence-corrected chi connectivity index (χ4v) is 1.91. The van der Waals surface area contributed by atoms with Crippen molar-refractivity contribution < 1.29 is 22.7 Å². The van der Waals surface area contributed by atoms with Crippen molar-refractivity contribution in [2.45, 2.75) is 32.0 Å². The first-order valence-electron chi connectivity index (χ1n) is 6.76. The lowest BCUT2D eigenvalue weighted by atomic mass is 9.88. The van der Waals surface area contributed by atoms with Gasteiger partial charge in [0.25, 0.3) is 0 Å². The number of benzene rings is 1. The highest BCUT2D eigenvalue weighted by atomic mass is 19.4. The highest BCUT2D eigenvalue weighted by Gasteiger charge is 2.51. The van der Waals surface area contributed by atoms with Gasteiger partial charge in [0.1, 0.15) is 17.8 Å². The molecule has 0 radical (unpaired) electrons. The van der Waals surface area contributed by atoms with Crippen LogP contribution in [-0.4, -0.2) is 22.1 Å². The SMILES string of the molecule is CC(C)(c1cc(N)nn1C(=O)OCc1ccccc1)C(F)(F)F. The van der Waals surface area contributed by atoms with Gasteiger partial charge in [-0.15, -0.1) is 5.10 Å². The van der Waals surface area contributed by atoms with E-state index in [9.17, 15) is 18.0 Å². The maximum absolute atomic E-state index is 13.2. The van der Waals surface area contributed by atoms with Gasteiger partial charge in [0, 0.05) is 6.07 Å². The van der Waals surface area contributed by atoms with Gasteiger partial charge < -0.3 is 10.5 Å². The van der Waals surface area contributed by atoms with Crippen molar-refractivity contribution in [2.75, 3.05) is 5.73 Å². The molecule has 0 aliphatic carbocycles. The number of nitrogens with zero attached hydrogens (tertiary/aromatic N) is 2. The number of nitrogen functional groups attached to an aromatic ring is 1. The number of ether oxygens (including phenoxy) is 1. The second-order valence-electron chi connectivity index (χ2n) is 5.53. The summed E-state index contributed by atoms with van der Waals surface area (Å²) in [7, 11) is 0. The summed E-state index contributed by atoms with van der Waals surface area (Å²) < 4.78 is 45.1. The van der Waals surface area contributed by atoms with Crippen LogP contribution < -0.4 is 5.73 Å². The van der Waals surface area contributed by atoms with Crippen LogP contribution in [-0.2, 0) is 16.8 Å². The van der Waals surface area contributed by atoms with Crippen molar-refractivity contribution in [3.05, 3.63) is 47.7 Å². The van der Waals surface area contributed by atoms with Gasteiger partial charge in [0.15, 0.2) is 0 Å². The summed E-state index contributed by atoms with van der Waals surface area (Å²) in [4.78, 5) is 12.1. The van der Waals surface area contributed by atoms with E-state index in [-0.39, 0.29) is 18.1 Å². The van der Waals surface area contributed by atoms with Crippen molar-refractivity contribution in [3.8, 4) is 0 Å². The summed E-state index contributed by atoms with van der Waals surface area (Å²) in [5.41, 5.74) is 3.49. The molecule has 0 saturated carbocycles.